The van der Waals surface area contributed by atoms with Crippen molar-refractivity contribution in [1.29, 1.82) is 0 Å². The van der Waals surface area contributed by atoms with Gasteiger partial charge in [-0.15, -0.1) is 0 Å². The van der Waals surface area contributed by atoms with Crippen molar-refractivity contribution < 1.29 is 9.04 Å². The lowest BCUT2D eigenvalue weighted by molar-refractivity contribution is -0.500. The lowest BCUT2D eigenvalue weighted by atomic mass is 10.3. The molecule has 2 aromatic rings. The van der Waals surface area contributed by atoms with Crippen molar-refractivity contribution in [3.63, 3.8) is 0 Å². The first-order chi connectivity index (χ1) is 6.61. The Morgan fingerprint density at radius 1 is 1.57 bits per heavy atom. The van der Waals surface area contributed by atoms with Crippen LogP contribution in [0, 0.1) is 15.3 Å². The molecule has 0 spiro atoms. The van der Waals surface area contributed by atoms with E-state index in [4.69, 9.17) is 11.6 Å². The Morgan fingerprint density at radius 3 is 2.93 bits per heavy atom. The van der Waals surface area contributed by atoms with Crippen LogP contribution in [0.2, 0.25) is 5.02 Å². The molecule has 0 bridgehead atoms. The van der Waals surface area contributed by atoms with Crippen LogP contribution < -0.4 is 4.12 Å². The quantitative estimate of drug-likeness (QED) is 0.322. The van der Waals surface area contributed by atoms with Crippen LogP contribution >= 0.6 is 23.3 Å². The molecule has 1 aromatic carbocycles. The molecule has 0 saturated heterocycles. The highest BCUT2D eigenvalue weighted by Gasteiger charge is 2.24. The minimum absolute atomic E-state index is 0.0301. The standard InChI is InChI=1S/C6H2ClN3O3S/c7-3-1-2-4(9(11)12)5-6(3)10(13)14-8-5/h1-2H. The number of hydrogen-bond donors (Lipinski definition) is 0. The maximum Gasteiger partial charge on any atom is 0.326 e. The Labute approximate surface area is 86.4 Å². The molecule has 0 aliphatic carbocycles. The maximum absolute atomic E-state index is 11.1. The number of nitro benzene ring substituents is 1. The molecule has 6 nitrogen and oxygen atoms in total. The lowest BCUT2D eigenvalue weighted by Crippen LogP contribution is -2.19. The van der Waals surface area contributed by atoms with Crippen molar-refractivity contribution in [3.05, 3.63) is 32.5 Å². The third-order valence-electron chi connectivity index (χ3n) is 1.67. The highest BCUT2D eigenvalue weighted by atomic mass is 35.5. The van der Waals surface area contributed by atoms with Crippen molar-refractivity contribution >= 4 is 40.0 Å². The van der Waals surface area contributed by atoms with Gasteiger partial charge in [0, 0.05) is 10.4 Å². The fourth-order valence-electron chi connectivity index (χ4n) is 1.07. The van der Waals surface area contributed by atoms with E-state index in [0.29, 0.717) is 15.8 Å². The zero-order valence-corrected chi connectivity index (χ0v) is 8.08. The van der Waals surface area contributed by atoms with E-state index >= 15 is 0 Å². The van der Waals surface area contributed by atoms with Gasteiger partial charge in [0.25, 0.3) is 11.7 Å². The zero-order chi connectivity index (χ0) is 10.3. The smallest absolute Gasteiger partial charge is 0.326 e. The van der Waals surface area contributed by atoms with E-state index in [1.54, 1.807) is 0 Å². The molecule has 0 N–H and O–H groups in total. The van der Waals surface area contributed by atoms with Crippen LogP contribution in [0.3, 0.4) is 0 Å². The van der Waals surface area contributed by atoms with Crippen molar-refractivity contribution in [2.24, 2.45) is 0 Å². The van der Waals surface area contributed by atoms with E-state index < -0.39 is 4.92 Å². The second-order valence-corrected chi connectivity index (χ2v) is 3.54. The molecule has 72 valence electrons. The topological polar surface area (TPSA) is 83.0 Å². The predicted octanol–water partition coefficient (Wildman–Crippen LogP) is 1.49. The number of aromatic nitrogens is 2. The Bertz CT molecular complexity index is 526. The summed E-state index contributed by atoms with van der Waals surface area (Å²) in [6.07, 6.45) is 0. The monoisotopic (exact) mass is 231 g/mol. The summed E-state index contributed by atoms with van der Waals surface area (Å²) in [5.74, 6) is 0. The van der Waals surface area contributed by atoms with Gasteiger partial charge in [0.15, 0.2) is 0 Å². The Morgan fingerprint density at radius 2 is 2.29 bits per heavy atom. The molecule has 8 heteroatoms. The molecule has 0 amide bonds. The maximum atomic E-state index is 11.1. The van der Waals surface area contributed by atoms with Gasteiger partial charge in [0.2, 0.25) is 5.52 Å². The fraction of sp³-hybridized carbons (Fsp3) is 0. The molecular formula is C6H2ClN3O3S. The zero-order valence-electron chi connectivity index (χ0n) is 6.51. The number of hydrogen-bond acceptors (Lipinski definition) is 5. The summed E-state index contributed by atoms with van der Waals surface area (Å²) < 4.78 is 4.12. The van der Waals surface area contributed by atoms with Crippen LogP contribution in [0.1, 0.15) is 0 Å². The second-order valence-electron chi connectivity index (χ2n) is 2.45. The van der Waals surface area contributed by atoms with Gasteiger partial charge in [0.1, 0.15) is 0 Å². The molecule has 1 heterocycles. The first-order valence-corrected chi connectivity index (χ1v) is 4.54. The van der Waals surface area contributed by atoms with E-state index in [-0.39, 0.29) is 21.7 Å². The molecule has 0 radical (unpaired) electrons. The summed E-state index contributed by atoms with van der Waals surface area (Å²) in [7, 11) is 0. The summed E-state index contributed by atoms with van der Waals surface area (Å²) in [5.41, 5.74) is -0.136. The highest BCUT2D eigenvalue weighted by molar-refractivity contribution is 6.95. The van der Waals surface area contributed by atoms with Gasteiger partial charge in [-0.3, -0.25) is 10.1 Å². The predicted molar refractivity (Wildman–Crippen MR) is 50.2 cm³/mol. The van der Waals surface area contributed by atoms with Crippen LogP contribution in [0.4, 0.5) is 5.69 Å². The first-order valence-electron chi connectivity index (χ1n) is 3.43. The van der Waals surface area contributed by atoms with E-state index in [0.717, 1.165) is 0 Å². The van der Waals surface area contributed by atoms with Crippen LogP contribution in [0.25, 0.3) is 11.0 Å². The Hall–Kier alpha value is -1.47. The van der Waals surface area contributed by atoms with Crippen molar-refractivity contribution in [2.75, 3.05) is 0 Å². The average molecular weight is 232 g/mol. The van der Waals surface area contributed by atoms with Crippen molar-refractivity contribution in [3.8, 4) is 0 Å². The third-order valence-corrected chi connectivity index (χ3v) is 2.57. The first kappa shape index (κ1) is 9.10. The molecule has 0 atom stereocenters. The molecule has 0 aliphatic rings. The van der Waals surface area contributed by atoms with Gasteiger partial charge < -0.3 is 5.21 Å². The molecule has 0 unspecified atom stereocenters. The van der Waals surface area contributed by atoms with Gasteiger partial charge >= 0.3 is 11.2 Å². The van der Waals surface area contributed by atoms with Gasteiger partial charge in [0.05, 0.1) is 9.95 Å². The number of fused-ring (bicyclic) bond motifs is 1. The summed E-state index contributed by atoms with van der Waals surface area (Å²) >= 11 is 6.29. The van der Waals surface area contributed by atoms with E-state index in [1.165, 1.54) is 12.1 Å². The number of halogens is 1. The van der Waals surface area contributed by atoms with Gasteiger partial charge in [-0.25, -0.2) is 0 Å². The summed E-state index contributed by atoms with van der Waals surface area (Å²) in [5, 5.41) is 21.9. The van der Waals surface area contributed by atoms with Crippen LogP contribution in [-0.2, 0) is 0 Å². The Balaban J connectivity index is 2.90. The molecular weight excluding hydrogens is 230 g/mol. The molecule has 14 heavy (non-hydrogen) atoms. The van der Waals surface area contributed by atoms with E-state index in [2.05, 4.69) is 4.37 Å². The summed E-state index contributed by atoms with van der Waals surface area (Å²) in [6.45, 7) is 0. The van der Waals surface area contributed by atoms with E-state index in [9.17, 15) is 15.3 Å². The van der Waals surface area contributed by atoms with Crippen LogP contribution in [0.15, 0.2) is 12.1 Å². The van der Waals surface area contributed by atoms with Gasteiger partial charge in [-0.2, -0.15) is 4.12 Å². The number of non-ortho nitro benzene ring substituents is 1. The summed E-state index contributed by atoms with van der Waals surface area (Å²) in [4.78, 5) is 9.95. The number of nitro groups is 1. The molecule has 1 aromatic heterocycles. The Kier molecular flexibility index (Phi) is 1.97. The lowest BCUT2D eigenvalue weighted by Gasteiger charge is -1.95. The second kappa shape index (κ2) is 3.03. The number of rotatable bonds is 1. The van der Waals surface area contributed by atoms with Crippen LogP contribution in [-0.4, -0.2) is 9.30 Å². The SMILES string of the molecule is O=[N+]([O-])c1ccc(Cl)c2c1ns[n+]2[O-]. The highest BCUT2D eigenvalue weighted by Crippen LogP contribution is 2.28. The minimum atomic E-state index is -0.599. The third kappa shape index (κ3) is 1.17. The number of benzene rings is 1. The molecule has 0 aliphatic heterocycles. The molecule has 0 fully saturated rings. The van der Waals surface area contributed by atoms with Gasteiger partial charge in [-0.1, -0.05) is 11.6 Å². The van der Waals surface area contributed by atoms with Gasteiger partial charge in [-0.05, 0) is 6.07 Å². The number of nitrogens with zero attached hydrogens (tertiary/aromatic N) is 3. The van der Waals surface area contributed by atoms with Crippen LogP contribution in [0.5, 0.6) is 0 Å². The van der Waals surface area contributed by atoms with Crippen molar-refractivity contribution in [1.82, 2.24) is 4.37 Å². The molecule has 0 saturated carbocycles. The summed E-state index contributed by atoms with van der Waals surface area (Å²) in [6, 6.07) is 2.54. The van der Waals surface area contributed by atoms with E-state index in [1.807, 2.05) is 0 Å². The minimum Gasteiger partial charge on any atom is -0.700 e. The molecule has 2 rings (SSSR count). The largest absolute Gasteiger partial charge is 0.700 e. The fourth-order valence-corrected chi connectivity index (χ4v) is 1.96. The average Bonchev–Trinajstić information content (AvgIpc) is 2.49. The normalized spacial score (nSPS) is 10.6. The van der Waals surface area contributed by atoms with Crippen molar-refractivity contribution in [2.45, 2.75) is 0 Å².